The highest BCUT2D eigenvalue weighted by molar-refractivity contribution is 5.48. The summed E-state index contributed by atoms with van der Waals surface area (Å²) in [6, 6.07) is 43.5. The highest BCUT2D eigenvalue weighted by Crippen LogP contribution is 2.49. The molecule has 0 amide bonds. The van der Waals surface area contributed by atoms with Crippen molar-refractivity contribution in [3.63, 3.8) is 0 Å². The van der Waals surface area contributed by atoms with Crippen LogP contribution >= 0.6 is 0 Å². The van der Waals surface area contributed by atoms with Gasteiger partial charge in [-0.3, -0.25) is 0 Å². The maximum Gasteiger partial charge on any atom is 0.129 e. The minimum atomic E-state index is -0.655. The van der Waals surface area contributed by atoms with Crippen molar-refractivity contribution in [1.82, 2.24) is 0 Å². The number of hydrogen-bond acceptors (Lipinski definition) is 1. The maximum atomic E-state index is 7.26. The fourth-order valence-electron chi connectivity index (χ4n) is 5.95. The second-order valence-electron chi connectivity index (χ2n) is 12.4. The Hall–Kier alpha value is -3.16. The van der Waals surface area contributed by atoms with Gasteiger partial charge in [-0.2, -0.15) is 0 Å². The minimum Gasteiger partial charge on any atom is -0.365 e. The summed E-state index contributed by atoms with van der Waals surface area (Å²) in [7, 11) is 0. The van der Waals surface area contributed by atoms with E-state index in [1.165, 1.54) is 67.2 Å². The lowest BCUT2D eigenvalue weighted by atomic mass is 9.69. The Kier molecular flexibility index (Phi) is 11.2. The SMILES string of the molecule is CC(C)(C)CCCCCCCCCOC(c1ccccc1)(c1ccccc1)C(c1ccccc1)c1ccccc1. The van der Waals surface area contributed by atoms with Crippen molar-refractivity contribution in [3.8, 4) is 0 Å². The molecule has 1 heteroatoms. The van der Waals surface area contributed by atoms with Gasteiger partial charge >= 0.3 is 0 Å². The molecular formula is C39H48O. The third kappa shape index (κ3) is 8.18. The molecule has 0 spiro atoms. The molecule has 0 fully saturated rings. The number of ether oxygens (including phenoxy) is 1. The van der Waals surface area contributed by atoms with Crippen LogP contribution in [0.5, 0.6) is 0 Å². The molecule has 0 heterocycles. The summed E-state index contributed by atoms with van der Waals surface area (Å²) in [5.74, 6) is 0.00233. The quantitative estimate of drug-likeness (QED) is 0.138. The largest absolute Gasteiger partial charge is 0.365 e. The van der Waals surface area contributed by atoms with E-state index in [9.17, 15) is 0 Å². The van der Waals surface area contributed by atoms with Gasteiger partial charge in [-0.15, -0.1) is 0 Å². The molecule has 0 aromatic heterocycles. The molecule has 0 saturated heterocycles. The topological polar surface area (TPSA) is 9.23 Å². The molecule has 4 aromatic carbocycles. The highest BCUT2D eigenvalue weighted by atomic mass is 16.5. The summed E-state index contributed by atoms with van der Waals surface area (Å²) in [4.78, 5) is 0. The molecule has 0 N–H and O–H groups in total. The first-order valence-electron chi connectivity index (χ1n) is 15.4. The van der Waals surface area contributed by atoms with Gasteiger partial charge in [0.2, 0.25) is 0 Å². The van der Waals surface area contributed by atoms with Gasteiger partial charge in [-0.05, 0) is 40.5 Å². The Morgan fingerprint density at radius 1 is 0.475 bits per heavy atom. The lowest BCUT2D eigenvalue weighted by Gasteiger charge is -2.42. The molecule has 0 atom stereocenters. The van der Waals surface area contributed by atoms with Crippen molar-refractivity contribution >= 4 is 0 Å². The molecule has 4 rings (SSSR count). The fourth-order valence-corrected chi connectivity index (χ4v) is 5.95. The molecule has 4 aromatic rings. The van der Waals surface area contributed by atoms with E-state index in [0.29, 0.717) is 5.41 Å². The van der Waals surface area contributed by atoms with Gasteiger partial charge in [0.1, 0.15) is 5.60 Å². The lowest BCUT2D eigenvalue weighted by molar-refractivity contribution is -0.0327. The van der Waals surface area contributed by atoms with E-state index >= 15 is 0 Å². The van der Waals surface area contributed by atoms with Gasteiger partial charge in [-0.1, -0.05) is 181 Å². The van der Waals surface area contributed by atoms with Crippen molar-refractivity contribution in [2.24, 2.45) is 5.41 Å². The number of benzene rings is 4. The van der Waals surface area contributed by atoms with Gasteiger partial charge in [0.15, 0.2) is 0 Å². The zero-order valence-corrected chi connectivity index (χ0v) is 24.9. The molecule has 0 aliphatic carbocycles. The Morgan fingerprint density at radius 3 is 1.27 bits per heavy atom. The second-order valence-corrected chi connectivity index (χ2v) is 12.4. The van der Waals surface area contributed by atoms with Crippen LogP contribution in [0.25, 0.3) is 0 Å². The smallest absolute Gasteiger partial charge is 0.129 e. The van der Waals surface area contributed by atoms with Crippen molar-refractivity contribution in [1.29, 1.82) is 0 Å². The van der Waals surface area contributed by atoms with E-state index in [1.807, 2.05) is 0 Å². The van der Waals surface area contributed by atoms with E-state index < -0.39 is 5.60 Å². The predicted molar refractivity (Wildman–Crippen MR) is 171 cm³/mol. The molecular weight excluding hydrogens is 484 g/mol. The van der Waals surface area contributed by atoms with Crippen LogP contribution in [0.1, 0.15) is 100 Å². The number of rotatable bonds is 15. The fraction of sp³-hybridized carbons (Fsp3) is 0.385. The minimum absolute atomic E-state index is 0.00233. The van der Waals surface area contributed by atoms with E-state index in [-0.39, 0.29) is 5.92 Å². The van der Waals surface area contributed by atoms with Crippen LogP contribution in [0.4, 0.5) is 0 Å². The van der Waals surface area contributed by atoms with Crippen LogP contribution in [-0.2, 0) is 10.3 Å². The van der Waals surface area contributed by atoms with E-state index in [2.05, 4.69) is 142 Å². The lowest BCUT2D eigenvalue weighted by Crippen LogP contribution is -2.39. The monoisotopic (exact) mass is 532 g/mol. The molecule has 0 aliphatic rings. The molecule has 210 valence electrons. The Bertz CT molecular complexity index is 1130. The molecule has 0 radical (unpaired) electrons. The molecule has 0 unspecified atom stereocenters. The number of unbranched alkanes of at least 4 members (excludes halogenated alkanes) is 6. The van der Waals surface area contributed by atoms with E-state index in [0.717, 1.165) is 13.0 Å². The first kappa shape index (κ1) is 29.8. The van der Waals surface area contributed by atoms with Crippen molar-refractivity contribution in [2.45, 2.75) is 83.7 Å². The Balaban J connectivity index is 1.58. The predicted octanol–water partition coefficient (Wildman–Crippen LogP) is 10.9. The normalized spacial score (nSPS) is 12.1. The van der Waals surface area contributed by atoms with Crippen molar-refractivity contribution < 1.29 is 4.74 Å². The van der Waals surface area contributed by atoms with Crippen LogP contribution in [0, 0.1) is 5.41 Å². The third-order valence-electron chi connectivity index (χ3n) is 7.98. The van der Waals surface area contributed by atoms with Crippen LogP contribution in [0.2, 0.25) is 0 Å². The van der Waals surface area contributed by atoms with Gasteiger partial charge in [0.25, 0.3) is 0 Å². The zero-order chi connectivity index (χ0) is 28.1. The Labute approximate surface area is 243 Å². The number of hydrogen-bond donors (Lipinski definition) is 0. The third-order valence-corrected chi connectivity index (χ3v) is 7.98. The first-order chi connectivity index (χ1) is 19.5. The Morgan fingerprint density at radius 2 is 0.850 bits per heavy atom. The van der Waals surface area contributed by atoms with Crippen LogP contribution in [0.15, 0.2) is 121 Å². The zero-order valence-electron chi connectivity index (χ0n) is 24.9. The molecule has 0 bridgehead atoms. The average Bonchev–Trinajstić information content (AvgIpc) is 2.99. The van der Waals surface area contributed by atoms with Crippen LogP contribution in [0.3, 0.4) is 0 Å². The summed E-state index contributed by atoms with van der Waals surface area (Å²) >= 11 is 0. The summed E-state index contributed by atoms with van der Waals surface area (Å²) in [5.41, 5.74) is 4.71. The summed E-state index contributed by atoms with van der Waals surface area (Å²) < 4.78 is 7.26. The van der Waals surface area contributed by atoms with E-state index in [4.69, 9.17) is 4.74 Å². The average molecular weight is 533 g/mol. The first-order valence-corrected chi connectivity index (χ1v) is 15.4. The molecule has 1 nitrogen and oxygen atoms in total. The summed E-state index contributed by atoms with van der Waals surface area (Å²) in [6.45, 7) is 7.76. The van der Waals surface area contributed by atoms with E-state index in [1.54, 1.807) is 0 Å². The highest BCUT2D eigenvalue weighted by Gasteiger charge is 2.45. The summed E-state index contributed by atoms with van der Waals surface area (Å²) in [6.07, 6.45) is 10.3. The van der Waals surface area contributed by atoms with Gasteiger partial charge in [-0.25, -0.2) is 0 Å². The van der Waals surface area contributed by atoms with Gasteiger partial charge < -0.3 is 4.74 Å². The molecule has 0 saturated carbocycles. The molecule has 40 heavy (non-hydrogen) atoms. The standard InChI is InChI=1S/C39H48O/c1-38(2,3)31-21-7-5-4-6-8-22-32-40-39(35-27-17-11-18-28-35,36-29-19-12-20-30-36)37(33-23-13-9-14-24-33)34-25-15-10-16-26-34/h9-20,23-30,37H,4-8,21-22,31-32H2,1-3H3. The van der Waals surface area contributed by atoms with Crippen LogP contribution < -0.4 is 0 Å². The van der Waals surface area contributed by atoms with Crippen LogP contribution in [-0.4, -0.2) is 6.61 Å². The van der Waals surface area contributed by atoms with Gasteiger partial charge in [0, 0.05) is 12.5 Å². The van der Waals surface area contributed by atoms with Crippen molar-refractivity contribution in [2.75, 3.05) is 6.61 Å². The summed E-state index contributed by atoms with van der Waals surface area (Å²) in [5, 5.41) is 0. The maximum absolute atomic E-state index is 7.26. The second kappa shape index (κ2) is 15.0. The van der Waals surface area contributed by atoms with Gasteiger partial charge in [0.05, 0.1) is 0 Å². The molecule has 0 aliphatic heterocycles. The van der Waals surface area contributed by atoms with Crippen molar-refractivity contribution in [3.05, 3.63) is 144 Å².